The highest BCUT2D eigenvalue weighted by molar-refractivity contribution is 9.10. The van der Waals surface area contributed by atoms with Crippen molar-refractivity contribution in [1.82, 2.24) is 5.32 Å². The zero-order chi connectivity index (χ0) is 11.8. The lowest BCUT2D eigenvalue weighted by Gasteiger charge is -2.08. The topological polar surface area (TPSA) is 21.3 Å². The normalized spacial score (nSPS) is 10.7. The van der Waals surface area contributed by atoms with E-state index in [-0.39, 0.29) is 0 Å². The van der Waals surface area contributed by atoms with Gasteiger partial charge in [0.05, 0.1) is 6.61 Å². The number of nitrogens with one attached hydrogen (secondary N) is 1. The molecule has 0 aliphatic carbocycles. The molecule has 0 fully saturated rings. The summed E-state index contributed by atoms with van der Waals surface area (Å²) >= 11 is 3.58. The Labute approximate surface area is 107 Å². The van der Waals surface area contributed by atoms with Gasteiger partial charge in [0.1, 0.15) is 0 Å². The van der Waals surface area contributed by atoms with E-state index in [9.17, 15) is 0 Å². The van der Waals surface area contributed by atoms with Crippen molar-refractivity contribution >= 4 is 15.9 Å². The second-order valence-corrected chi connectivity index (χ2v) is 4.72. The van der Waals surface area contributed by atoms with Gasteiger partial charge in [0.25, 0.3) is 0 Å². The van der Waals surface area contributed by atoms with Gasteiger partial charge in [-0.05, 0) is 30.7 Å². The molecular formula is C13H20BrNO. The summed E-state index contributed by atoms with van der Waals surface area (Å²) in [6, 6.07) is 6.41. The maximum Gasteiger partial charge on any atom is 0.0727 e. The molecule has 16 heavy (non-hydrogen) atoms. The molecule has 0 heterocycles. The molecule has 1 N–H and O–H groups in total. The summed E-state index contributed by atoms with van der Waals surface area (Å²) in [5.41, 5.74) is 2.50. The van der Waals surface area contributed by atoms with Crippen LogP contribution in [0, 0.1) is 0 Å². The average molecular weight is 286 g/mol. The molecule has 0 aliphatic rings. The van der Waals surface area contributed by atoms with Gasteiger partial charge in [0, 0.05) is 17.6 Å². The predicted octanol–water partition coefficient (Wildman–Crippen LogP) is 3.49. The van der Waals surface area contributed by atoms with E-state index < -0.39 is 0 Å². The van der Waals surface area contributed by atoms with E-state index in [4.69, 9.17) is 4.74 Å². The van der Waals surface area contributed by atoms with Crippen molar-refractivity contribution in [2.24, 2.45) is 0 Å². The van der Waals surface area contributed by atoms with Crippen LogP contribution in [-0.4, -0.2) is 13.7 Å². The van der Waals surface area contributed by atoms with Crippen LogP contribution >= 0.6 is 15.9 Å². The highest BCUT2D eigenvalue weighted by Gasteiger charge is 2.01. The van der Waals surface area contributed by atoms with Crippen LogP contribution in [0.2, 0.25) is 0 Å². The molecule has 0 bridgehead atoms. The fourth-order valence-corrected chi connectivity index (χ4v) is 1.99. The highest BCUT2D eigenvalue weighted by atomic mass is 79.9. The fourth-order valence-electron chi connectivity index (χ4n) is 1.45. The Morgan fingerprint density at radius 2 is 2.19 bits per heavy atom. The van der Waals surface area contributed by atoms with Gasteiger partial charge in [-0.2, -0.15) is 0 Å². The second-order valence-electron chi connectivity index (χ2n) is 3.86. The first-order valence-corrected chi connectivity index (χ1v) is 6.57. The van der Waals surface area contributed by atoms with E-state index in [0.717, 1.165) is 24.0 Å². The summed E-state index contributed by atoms with van der Waals surface area (Å²) in [5.74, 6) is 0. The third-order valence-corrected chi connectivity index (χ3v) is 3.14. The summed E-state index contributed by atoms with van der Waals surface area (Å²) in [4.78, 5) is 0. The van der Waals surface area contributed by atoms with Crippen molar-refractivity contribution in [3.63, 3.8) is 0 Å². The fraction of sp³-hybridized carbons (Fsp3) is 0.538. The van der Waals surface area contributed by atoms with Gasteiger partial charge in [0.15, 0.2) is 0 Å². The number of rotatable bonds is 7. The molecular weight excluding hydrogens is 266 g/mol. The molecule has 2 nitrogen and oxygen atoms in total. The van der Waals surface area contributed by atoms with Crippen LogP contribution in [-0.2, 0) is 17.9 Å². The van der Waals surface area contributed by atoms with Crippen molar-refractivity contribution in [1.29, 1.82) is 0 Å². The van der Waals surface area contributed by atoms with E-state index in [2.05, 4.69) is 46.4 Å². The SMILES string of the molecule is CCCCOCc1ccc(CNC)cc1Br. The van der Waals surface area contributed by atoms with Crippen molar-refractivity contribution in [2.45, 2.75) is 32.9 Å². The average Bonchev–Trinajstić information content (AvgIpc) is 2.27. The molecule has 0 amide bonds. The van der Waals surface area contributed by atoms with Crippen molar-refractivity contribution < 1.29 is 4.74 Å². The molecule has 1 aromatic rings. The molecule has 90 valence electrons. The maximum absolute atomic E-state index is 5.60. The van der Waals surface area contributed by atoms with E-state index in [1.807, 2.05) is 7.05 Å². The maximum atomic E-state index is 5.60. The molecule has 1 aromatic carbocycles. The van der Waals surface area contributed by atoms with Crippen LogP contribution in [0.15, 0.2) is 22.7 Å². The summed E-state index contributed by atoms with van der Waals surface area (Å²) in [6.07, 6.45) is 2.32. The number of halogens is 1. The molecule has 0 aromatic heterocycles. The highest BCUT2D eigenvalue weighted by Crippen LogP contribution is 2.19. The number of hydrogen-bond acceptors (Lipinski definition) is 2. The minimum Gasteiger partial charge on any atom is -0.377 e. The summed E-state index contributed by atoms with van der Waals surface area (Å²) in [7, 11) is 1.95. The van der Waals surface area contributed by atoms with Crippen LogP contribution in [0.4, 0.5) is 0 Å². The Bertz CT molecular complexity index is 315. The first-order valence-electron chi connectivity index (χ1n) is 5.77. The van der Waals surface area contributed by atoms with E-state index in [1.54, 1.807) is 0 Å². The van der Waals surface area contributed by atoms with Crippen LogP contribution in [0.25, 0.3) is 0 Å². The van der Waals surface area contributed by atoms with Gasteiger partial charge in [-0.1, -0.05) is 41.4 Å². The third-order valence-electron chi connectivity index (χ3n) is 2.40. The lowest BCUT2D eigenvalue weighted by Crippen LogP contribution is -2.05. The van der Waals surface area contributed by atoms with Crippen molar-refractivity contribution in [2.75, 3.05) is 13.7 Å². The monoisotopic (exact) mass is 285 g/mol. The van der Waals surface area contributed by atoms with Gasteiger partial charge in [0.2, 0.25) is 0 Å². The standard InChI is InChI=1S/C13H20BrNO/c1-3-4-7-16-10-12-6-5-11(9-15-2)8-13(12)14/h5-6,8,15H,3-4,7,9-10H2,1-2H3. The number of benzene rings is 1. The molecule has 0 atom stereocenters. The number of ether oxygens (including phenoxy) is 1. The van der Waals surface area contributed by atoms with Gasteiger partial charge < -0.3 is 10.1 Å². The summed E-state index contributed by atoms with van der Waals surface area (Å²) in [6.45, 7) is 4.61. The van der Waals surface area contributed by atoms with Crippen LogP contribution in [0.3, 0.4) is 0 Å². The molecule has 3 heteroatoms. The second kappa shape index (κ2) is 7.82. The van der Waals surface area contributed by atoms with E-state index in [1.165, 1.54) is 17.5 Å². The van der Waals surface area contributed by atoms with Gasteiger partial charge in [-0.25, -0.2) is 0 Å². The molecule has 0 radical (unpaired) electrons. The smallest absolute Gasteiger partial charge is 0.0727 e. The number of unbranched alkanes of at least 4 members (excludes halogenated alkanes) is 1. The lowest BCUT2D eigenvalue weighted by molar-refractivity contribution is 0.117. The third kappa shape index (κ3) is 4.64. The van der Waals surface area contributed by atoms with Gasteiger partial charge >= 0.3 is 0 Å². The minimum absolute atomic E-state index is 0.695. The largest absolute Gasteiger partial charge is 0.377 e. The van der Waals surface area contributed by atoms with Gasteiger partial charge in [-0.15, -0.1) is 0 Å². The predicted molar refractivity (Wildman–Crippen MR) is 71.5 cm³/mol. The molecule has 1 rings (SSSR count). The summed E-state index contributed by atoms with van der Waals surface area (Å²) < 4.78 is 6.73. The molecule has 0 spiro atoms. The van der Waals surface area contributed by atoms with Crippen LogP contribution in [0.1, 0.15) is 30.9 Å². The minimum atomic E-state index is 0.695. The Morgan fingerprint density at radius 1 is 1.38 bits per heavy atom. The molecule has 0 unspecified atom stereocenters. The first kappa shape index (κ1) is 13.7. The Hall–Kier alpha value is -0.380. The van der Waals surface area contributed by atoms with Crippen molar-refractivity contribution in [3.05, 3.63) is 33.8 Å². The molecule has 0 aliphatic heterocycles. The van der Waals surface area contributed by atoms with Crippen LogP contribution < -0.4 is 5.32 Å². The zero-order valence-corrected chi connectivity index (χ0v) is 11.6. The number of hydrogen-bond donors (Lipinski definition) is 1. The first-order chi connectivity index (χ1) is 7.77. The zero-order valence-electron chi connectivity index (χ0n) is 10.1. The van der Waals surface area contributed by atoms with E-state index in [0.29, 0.717) is 6.61 Å². The Kier molecular flexibility index (Phi) is 6.69. The van der Waals surface area contributed by atoms with Crippen molar-refractivity contribution in [3.8, 4) is 0 Å². The van der Waals surface area contributed by atoms with Gasteiger partial charge in [-0.3, -0.25) is 0 Å². The lowest BCUT2D eigenvalue weighted by atomic mass is 10.1. The molecule has 0 saturated carbocycles. The molecule has 0 saturated heterocycles. The van der Waals surface area contributed by atoms with Crippen LogP contribution in [0.5, 0.6) is 0 Å². The van der Waals surface area contributed by atoms with E-state index >= 15 is 0 Å². The summed E-state index contributed by atoms with van der Waals surface area (Å²) in [5, 5.41) is 3.14. The quantitative estimate of drug-likeness (QED) is 0.775. The Balaban J connectivity index is 2.47. The Morgan fingerprint density at radius 3 is 2.81 bits per heavy atom.